The van der Waals surface area contributed by atoms with Gasteiger partial charge in [-0.15, -0.1) is 0 Å². The van der Waals surface area contributed by atoms with Gasteiger partial charge in [-0.3, -0.25) is 0 Å². The van der Waals surface area contributed by atoms with Crippen LogP contribution in [0.3, 0.4) is 0 Å². The van der Waals surface area contributed by atoms with Crippen molar-refractivity contribution in [1.82, 2.24) is 0 Å². The Kier molecular flexibility index (Phi) is 3.38. The molecular formula is C14H19NO2. The largest absolute Gasteiger partial charge is 0.489 e. The van der Waals surface area contributed by atoms with Crippen LogP contribution in [0.5, 0.6) is 5.75 Å². The Hall–Kier alpha value is -1.48. The summed E-state index contributed by atoms with van der Waals surface area (Å²) in [5, 5.41) is 9.00. The van der Waals surface area contributed by atoms with E-state index in [4.69, 9.17) is 9.84 Å². The van der Waals surface area contributed by atoms with Crippen molar-refractivity contribution in [2.45, 2.75) is 13.3 Å². The lowest BCUT2D eigenvalue weighted by Crippen LogP contribution is -2.13. The lowest BCUT2D eigenvalue weighted by molar-refractivity contribution is 0.283. The number of aliphatic hydroxyl groups is 1. The molecule has 0 aliphatic carbocycles. The Balaban J connectivity index is 2.39. The molecule has 0 saturated heterocycles. The van der Waals surface area contributed by atoms with Crippen molar-refractivity contribution in [3.63, 3.8) is 0 Å². The van der Waals surface area contributed by atoms with Crippen LogP contribution < -0.4 is 9.64 Å². The standard InChI is InChI=1S/C14H19NO2/c1-10-11(6-7-16)9-17-14-8-12(15(2)3)4-5-13(10)14/h4-5,8,16H,6-7,9H2,1-3H3. The van der Waals surface area contributed by atoms with Crippen molar-refractivity contribution >= 4 is 11.3 Å². The van der Waals surface area contributed by atoms with Crippen LogP contribution in [0.25, 0.3) is 5.57 Å². The molecular weight excluding hydrogens is 214 g/mol. The predicted molar refractivity (Wildman–Crippen MR) is 70.6 cm³/mol. The topological polar surface area (TPSA) is 32.7 Å². The van der Waals surface area contributed by atoms with E-state index in [0.29, 0.717) is 13.0 Å². The number of rotatable bonds is 3. The first-order valence-corrected chi connectivity index (χ1v) is 5.87. The van der Waals surface area contributed by atoms with E-state index < -0.39 is 0 Å². The summed E-state index contributed by atoms with van der Waals surface area (Å²) < 4.78 is 5.75. The van der Waals surface area contributed by atoms with E-state index in [1.165, 1.54) is 11.1 Å². The summed E-state index contributed by atoms with van der Waals surface area (Å²) in [6, 6.07) is 6.25. The van der Waals surface area contributed by atoms with E-state index >= 15 is 0 Å². The van der Waals surface area contributed by atoms with Gasteiger partial charge in [-0.1, -0.05) is 0 Å². The number of ether oxygens (including phenoxy) is 1. The molecule has 1 aromatic carbocycles. The number of hydrogen-bond donors (Lipinski definition) is 1. The second kappa shape index (κ2) is 4.80. The third kappa shape index (κ3) is 2.29. The second-order valence-corrected chi connectivity index (χ2v) is 4.57. The van der Waals surface area contributed by atoms with Crippen molar-refractivity contribution in [2.75, 3.05) is 32.2 Å². The summed E-state index contributed by atoms with van der Waals surface area (Å²) in [5.41, 5.74) is 4.72. The molecule has 2 rings (SSSR count). The van der Waals surface area contributed by atoms with E-state index in [1.54, 1.807) is 0 Å². The van der Waals surface area contributed by atoms with Crippen molar-refractivity contribution < 1.29 is 9.84 Å². The first kappa shape index (κ1) is 12.0. The lowest BCUT2D eigenvalue weighted by Gasteiger charge is -2.24. The maximum atomic E-state index is 9.00. The van der Waals surface area contributed by atoms with Crippen LogP contribution in [0.2, 0.25) is 0 Å². The molecule has 0 aromatic heterocycles. The molecule has 1 aromatic rings. The summed E-state index contributed by atoms with van der Waals surface area (Å²) in [6.45, 7) is 2.87. The number of fused-ring (bicyclic) bond motifs is 1. The molecule has 1 N–H and O–H groups in total. The highest BCUT2D eigenvalue weighted by atomic mass is 16.5. The number of allylic oxidation sites excluding steroid dienone is 1. The Morgan fingerprint density at radius 2 is 2.12 bits per heavy atom. The molecule has 0 saturated carbocycles. The van der Waals surface area contributed by atoms with Crippen LogP contribution in [-0.2, 0) is 0 Å². The molecule has 0 amide bonds. The van der Waals surface area contributed by atoms with Crippen molar-refractivity contribution in [1.29, 1.82) is 0 Å². The minimum atomic E-state index is 0.182. The molecule has 0 fully saturated rings. The van der Waals surface area contributed by atoms with Gasteiger partial charge in [0.15, 0.2) is 0 Å². The summed E-state index contributed by atoms with van der Waals surface area (Å²) in [4.78, 5) is 2.06. The molecule has 3 heteroatoms. The van der Waals surface area contributed by atoms with Crippen LogP contribution in [0, 0.1) is 0 Å². The van der Waals surface area contributed by atoms with E-state index in [1.807, 2.05) is 14.1 Å². The average molecular weight is 233 g/mol. The minimum Gasteiger partial charge on any atom is -0.489 e. The molecule has 0 unspecified atom stereocenters. The Bertz CT molecular complexity index is 450. The lowest BCUT2D eigenvalue weighted by atomic mass is 9.96. The van der Waals surface area contributed by atoms with E-state index in [9.17, 15) is 0 Å². The molecule has 0 radical (unpaired) electrons. The quantitative estimate of drug-likeness (QED) is 0.869. The summed E-state index contributed by atoms with van der Waals surface area (Å²) in [6.07, 6.45) is 0.695. The Morgan fingerprint density at radius 3 is 2.76 bits per heavy atom. The molecule has 0 spiro atoms. The van der Waals surface area contributed by atoms with Crippen LogP contribution >= 0.6 is 0 Å². The fraction of sp³-hybridized carbons (Fsp3) is 0.429. The monoisotopic (exact) mass is 233 g/mol. The molecule has 1 aliphatic heterocycles. The first-order valence-electron chi connectivity index (χ1n) is 5.87. The van der Waals surface area contributed by atoms with Crippen LogP contribution in [0.4, 0.5) is 5.69 Å². The zero-order chi connectivity index (χ0) is 12.4. The maximum absolute atomic E-state index is 9.00. The molecule has 0 atom stereocenters. The highest BCUT2D eigenvalue weighted by Gasteiger charge is 2.17. The summed E-state index contributed by atoms with van der Waals surface area (Å²) >= 11 is 0. The molecule has 1 aliphatic rings. The van der Waals surface area contributed by atoms with Crippen LogP contribution in [-0.4, -0.2) is 32.4 Å². The highest BCUT2D eigenvalue weighted by molar-refractivity contribution is 5.75. The maximum Gasteiger partial charge on any atom is 0.129 e. The van der Waals surface area contributed by atoms with Crippen molar-refractivity contribution in [3.8, 4) is 5.75 Å². The van der Waals surface area contributed by atoms with Crippen molar-refractivity contribution in [3.05, 3.63) is 29.3 Å². The van der Waals surface area contributed by atoms with Gasteiger partial charge in [0.25, 0.3) is 0 Å². The zero-order valence-electron chi connectivity index (χ0n) is 10.7. The van der Waals surface area contributed by atoms with Gasteiger partial charge in [0.1, 0.15) is 12.4 Å². The smallest absolute Gasteiger partial charge is 0.129 e. The van der Waals surface area contributed by atoms with Crippen LogP contribution in [0.15, 0.2) is 23.8 Å². The van der Waals surface area contributed by atoms with Crippen molar-refractivity contribution in [2.24, 2.45) is 0 Å². The summed E-state index contributed by atoms with van der Waals surface area (Å²) in [5.74, 6) is 0.940. The van der Waals surface area contributed by atoms with Gasteiger partial charge in [0.2, 0.25) is 0 Å². The van der Waals surface area contributed by atoms with Gasteiger partial charge in [0, 0.05) is 38.0 Å². The molecule has 92 valence electrons. The van der Waals surface area contributed by atoms with Gasteiger partial charge in [-0.2, -0.15) is 0 Å². The number of hydrogen-bond acceptors (Lipinski definition) is 3. The molecule has 3 nitrogen and oxygen atoms in total. The number of aliphatic hydroxyl groups excluding tert-OH is 1. The van der Waals surface area contributed by atoms with E-state index in [-0.39, 0.29) is 6.61 Å². The predicted octanol–water partition coefficient (Wildman–Crippen LogP) is 2.30. The number of benzene rings is 1. The van der Waals surface area contributed by atoms with E-state index in [0.717, 1.165) is 17.0 Å². The normalized spacial score (nSPS) is 14.4. The average Bonchev–Trinajstić information content (AvgIpc) is 2.32. The first-order chi connectivity index (χ1) is 8.13. The highest BCUT2D eigenvalue weighted by Crippen LogP contribution is 2.36. The number of anilines is 1. The molecule has 17 heavy (non-hydrogen) atoms. The van der Waals surface area contributed by atoms with Crippen LogP contribution in [0.1, 0.15) is 18.9 Å². The third-order valence-corrected chi connectivity index (χ3v) is 3.23. The van der Waals surface area contributed by atoms with Gasteiger partial charge in [-0.25, -0.2) is 0 Å². The Labute approximate surface area is 102 Å². The third-order valence-electron chi connectivity index (χ3n) is 3.23. The SMILES string of the molecule is CC1=C(CCO)COc2cc(N(C)C)ccc21. The van der Waals surface area contributed by atoms with Gasteiger partial charge in [-0.05, 0) is 36.6 Å². The zero-order valence-corrected chi connectivity index (χ0v) is 10.7. The molecule has 1 heterocycles. The fourth-order valence-electron chi connectivity index (χ4n) is 2.08. The second-order valence-electron chi connectivity index (χ2n) is 4.57. The Morgan fingerprint density at radius 1 is 1.35 bits per heavy atom. The molecule has 0 bridgehead atoms. The van der Waals surface area contributed by atoms with Gasteiger partial charge < -0.3 is 14.7 Å². The summed E-state index contributed by atoms with van der Waals surface area (Å²) in [7, 11) is 4.04. The number of nitrogens with zero attached hydrogens (tertiary/aromatic N) is 1. The van der Waals surface area contributed by atoms with E-state index in [2.05, 4.69) is 30.0 Å². The van der Waals surface area contributed by atoms with Gasteiger partial charge >= 0.3 is 0 Å². The minimum absolute atomic E-state index is 0.182. The van der Waals surface area contributed by atoms with Gasteiger partial charge in [0.05, 0.1) is 0 Å². The fourth-order valence-corrected chi connectivity index (χ4v) is 2.08.